The first-order valence-corrected chi connectivity index (χ1v) is 14.1. The minimum Gasteiger partial charge on any atom is -0.481 e. The second-order valence-electron chi connectivity index (χ2n) is 12.0. The molecule has 0 unspecified atom stereocenters. The molecule has 0 saturated carbocycles. The summed E-state index contributed by atoms with van der Waals surface area (Å²) in [7, 11) is 6.25. The summed E-state index contributed by atoms with van der Waals surface area (Å²) in [5, 5.41) is 10.7. The minimum absolute atomic E-state index is 0.0225. The Labute approximate surface area is 237 Å². The molecular weight excluding hydrogens is 511 g/mol. The average molecular weight is 550 g/mol. The molecule has 3 aromatic rings. The summed E-state index contributed by atoms with van der Waals surface area (Å²) in [6.07, 6.45) is 2.37. The number of carbonyl (C=O) groups is 1. The van der Waals surface area contributed by atoms with Gasteiger partial charge in [0, 0.05) is 46.9 Å². The van der Waals surface area contributed by atoms with Crippen molar-refractivity contribution in [3.63, 3.8) is 0 Å². The molecule has 0 saturated heterocycles. The molecule has 0 radical (unpaired) electrons. The largest absolute Gasteiger partial charge is 0.481 e. The zero-order chi connectivity index (χ0) is 29.2. The van der Waals surface area contributed by atoms with Gasteiger partial charge in [-0.3, -0.25) is 14.1 Å². The topological polar surface area (TPSA) is 81.7 Å². The summed E-state index contributed by atoms with van der Waals surface area (Å²) in [6, 6.07) is 7.48. The third kappa shape index (κ3) is 6.23. The van der Waals surface area contributed by atoms with Gasteiger partial charge >= 0.3 is 5.97 Å². The molecule has 1 aliphatic heterocycles. The second kappa shape index (κ2) is 12.3. The number of carboxylic acid groups (broad SMARTS) is 1. The van der Waals surface area contributed by atoms with Gasteiger partial charge in [0.25, 0.3) is 0 Å². The summed E-state index contributed by atoms with van der Waals surface area (Å²) < 4.78 is 34.8. The van der Waals surface area contributed by atoms with Crippen molar-refractivity contribution >= 4 is 40.4 Å². The molecule has 3 heterocycles. The van der Waals surface area contributed by atoms with Crippen LogP contribution in [0.4, 0.5) is 8.78 Å². The number of hydrogen-bond donors (Lipinski definition) is 2. The maximum absolute atomic E-state index is 15.8. The molecule has 0 aliphatic carbocycles. The normalized spacial score (nSPS) is 18.6. The van der Waals surface area contributed by atoms with E-state index in [9.17, 15) is 14.3 Å². The number of ether oxygens (including phenoxy) is 1. The predicted octanol–water partition coefficient (Wildman–Crippen LogP) is 1.62. The van der Waals surface area contributed by atoms with E-state index < -0.39 is 23.7 Å². The Morgan fingerprint density at radius 3 is 2.73 bits per heavy atom. The number of pyridine rings is 1. The van der Waals surface area contributed by atoms with Gasteiger partial charge in [-0.25, -0.2) is 9.37 Å². The maximum atomic E-state index is 15.8. The number of H-pyrrole nitrogens is 1. The molecule has 1 aromatic carbocycles. The van der Waals surface area contributed by atoms with Gasteiger partial charge in [-0.05, 0) is 44.9 Å². The summed E-state index contributed by atoms with van der Waals surface area (Å²) in [5.41, 5.74) is 3.99. The number of aliphatic carboxylic acids is 1. The Morgan fingerprint density at radius 2 is 2.05 bits per heavy atom. The lowest BCUT2D eigenvalue weighted by molar-refractivity contribution is -0.142. The molecule has 212 valence electrons. The summed E-state index contributed by atoms with van der Waals surface area (Å²) in [5.74, 6) is -1.64. The first kappa shape index (κ1) is 30.1. The number of nitrogens with one attached hydrogen (secondary N) is 1. The smallest absolute Gasteiger partial charge is 0.307 e. The van der Waals surface area contributed by atoms with Crippen LogP contribution in [0.2, 0.25) is 0 Å². The SMILES string of the molecule is BC(B)(B)N(CCCF)CCOc1ncc(F)c([C@@H]2c3[nH]c4ccccc4c3C[C@@H](C)N2C[C@@H](C)C(=O)O)c1C. The highest BCUT2D eigenvalue weighted by atomic mass is 19.1. The van der Waals surface area contributed by atoms with Gasteiger partial charge in [-0.2, -0.15) is 0 Å². The lowest BCUT2D eigenvalue weighted by Gasteiger charge is -2.42. The summed E-state index contributed by atoms with van der Waals surface area (Å²) >= 11 is 0. The molecule has 0 fully saturated rings. The average Bonchev–Trinajstić information content (AvgIpc) is 3.26. The van der Waals surface area contributed by atoms with E-state index in [2.05, 4.69) is 56.3 Å². The Balaban J connectivity index is 1.73. The van der Waals surface area contributed by atoms with E-state index in [4.69, 9.17) is 4.74 Å². The van der Waals surface area contributed by atoms with Gasteiger partial charge in [-0.15, -0.1) is 0 Å². The van der Waals surface area contributed by atoms with E-state index in [1.807, 2.05) is 25.1 Å². The van der Waals surface area contributed by atoms with Gasteiger partial charge in [0.05, 0.1) is 24.8 Å². The van der Waals surface area contributed by atoms with E-state index in [1.165, 1.54) is 6.20 Å². The number of hydrogen-bond acceptors (Lipinski definition) is 5. The number of rotatable bonds is 12. The molecule has 1 aliphatic rings. The molecule has 2 N–H and O–H groups in total. The van der Waals surface area contributed by atoms with E-state index in [0.29, 0.717) is 43.1 Å². The zero-order valence-electron chi connectivity index (χ0n) is 24.4. The number of halogens is 2. The van der Waals surface area contributed by atoms with Crippen molar-refractivity contribution in [1.29, 1.82) is 0 Å². The van der Waals surface area contributed by atoms with Crippen molar-refractivity contribution in [2.24, 2.45) is 5.92 Å². The van der Waals surface area contributed by atoms with Crippen LogP contribution in [0.1, 0.15) is 48.7 Å². The van der Waals surface area contributed by atoms with Crippen molar-refractivity contribution in [1.82, 2.24) is 19.8 Å². The summed E-state index contributed by atoms with van der Waals surface area (Å²) in [4.78, 5) is 23.9. The molecule has 7 nitrogen and oxygen atoms in total. The van der Waals surface area contributed by atoms with Crippen LogP contribution in [0.25, 0.3) is 10.9 Å². The first-order chi connectivity index (χ1) is 18.9. The standard InChI is InChI=1S/C28H39B3F2N4O3/c1-16(27(38)39)15-37-17(2)13-20-19-7-4-5-8-22(19)35-24(20)25(37)23-18(3)26(34-14-21(23)33)40-12-11-36(10-6-9-32)28(29,30)31/h4-5,7-8,14,16-17,25,35H,6,9-13,15,29-31H2,1-3H3,(H,38,39)/t16-,17-,25-/m1/s1. The number of benzene rings is 1. The second-order valence-corrected chi connectivity index (χ2v) is 12.0. The molecule has 12 heteroatoms. The lowest BCUT2D eigenvalue weighted by atomic mass is 9.48. The number of para-hydroxylation sites is 1. The number of aromatic amines is 1. The Morgan fingerprint density at radius 1 is 1.32 bits per heavy atom. The minimum atomic E-state index is -0.888. The van der Waals surface area contributed by atoms with E-state index in [0.717, 1.165) is 28.6 Å². The number of fused-ring (bicyclic) bond motifs is 3. The van der Waals surface area contributed by atoms with Crippen LogP contribution in [0.15, 0.2) is 30.5 Å². The van der Waals surface area contributed by atoms with Crippen molar-refractivity contribution < 1.29 is 23.4 Å². The third-order valence-electron chi connectivity index (χ3n) is 8.08. The van der Waals surface area contributed by atoms with Crippen LogP contribution in [0.5, 0.6) is 5.88 Å². The molecule has 40 heavy (non-hydrogen) atoms. The highest BCUT2D eigenvalue weighted by Crippen LogP contribution is 2.43. The molecule has 0 amide bonds. The Bertz CT molecular complexity index is 1350. The van der Waals surface area contributed by atoms with Gasteiger partial charge in [0.15, 0.2) is 0 Å². The van der Waals surface area contributed by atoms with Crippen molar-refractivity contribution in [2.45, 2.75) is 50.9 Å². The van der Waals surface area contributed by atoms with Crippen molar-refractivity contribution in [2.75, 3.05) is 32.9 Å². The number of aromatic nitrogens is 2. The Kier molecular flexibility index (Phi) is 9.30. The molecule has 0 spiro atoms. The van der Waals surface area contributed by atoms with Gasteiger partial charge in [0.1, 0.15) is 36.0 Å². The fourth-order valence-electron chi connectivity index (χ4n) is 5.84. The fourth-order valence-corrected chi connectivity index (χ4v) is 5.84. The van der Waals surface area contributed by atoms with Gasteiger partial charge in [0.2, 0.25) is 5.88 Å². The first-order valence-electron chi connectivity index (χ1n) is 14.1. The number of alkyl halides is 1. The van der Waals surface area contributed by atoms with Crippen LogP contribution in [-0.4, -0.2) is 98.6 Å². The molecule has 4 rings (SSSR count). The van der Waals surface area contributed by atoms with Gasteiger partial charge in [-0.1, -0.05) is 30.4 Å². The molecule has 0 bridgehead atoms. The molecular formula is C28H39B3F2N4O3. The number of carboxylic acids is 1. The zero-order valence-corrected chi connectivity index (χ0v) is 24.4. The van der Waals surface area contributed by atoms with Crippen LogP contribution in [0, 0.1) is 18.7 Å². The van der Waals surface area contributed by atoms with Crippen LogP contribution in [-0.2, 0) is 11.2 Å². The highest BCUT2D eigenvalue weighted by Gasteiger charge is 2.39. The van der Waals surface area contributed by atoms with E-state index in [1.54, 1.807) is 6.92 Å². The lowest BCUT2D eigenvalue weighted by Crippen LogP contribution is -2.52. The van der Waals surface area contributed by atoms with Crippen LogP contribution < -0.4 is 4.74 Å². The maximum Gasteiger partial charge on any atom is 0.307 e. The quantitative estimate of drug-likeness (QED) is 0.334. The third-order valence-corrected chi connectivity index (χ3v) is 8.08. The number of nitrogens with zero attached hydrogens (tertiary/aromatic N) is 3. The Hall–Kier alpha value is -2.85. The fraction of sp³-hybridized carbons (Fsp3) is 0.500. The summed E-state index contributed by atoms with van der Waals surface area (Å²) in [6.45, 7) is 6.96. The molecule has 2 aromatic heterocycles. The van der Waals surface area contributed by atoms with Crippen LogP contribution in [0.3, 0.4) is 0 Å². The van der Waals surface area contributed by atoms with Crippen LogP contribution >= 0.6 is 0 Å². The van der Waals surface area contributed by atoms with Gasteiger partial charge < -0.3 is 19.7 Å². The van der Waals surface area contributed by atoms with E-state index >= 15 is 4.39 Å². The van der Waals surface area contributed by atoms with Crippen molar-refractivity contribution in [3.8, 4) is 5.88 Å². The molecule has 3 atom stereocenters. The van der Waals surface area contributed by atoms with E-state index in [-0.39, 0.29) is 24.5 Å². The highest BCUT2D eigenvalue weighted by molar-refractivity contribution is 6.59. The monoisotopic (exact) mass is 550 g/mol. The predicted molar refractivity (Wildman–Crippen MR) is 162 cm³/mol. The van der Waals surface area contributed by atoms with Crippen molar-refractivity contribution in [3.05, 3.63) is 58.7 Å².